The van der Waals surface area contributed by atoms with Crippen LogP contribution in [0, 0.1) is 0 Å². The number of anilines is 1. The minimum absolute atomic E-state index is 0.389. The molecule has 0 fully saturated rings. The van der Waals surface area contributed by atoms with E-state index in [2.05, 4.69) is 4.98 Å². The van der Waals surface area contributed by atoms with Crippen LogP contribution >= 0.6 is 11.6 Å². The van der Waals surface area contributed by atoms with Crippen molar-refractivity contribution in [2.24, 2.45) is 5.14 Å². The first-order valence-electron chi connectivity index (χ1n) is 3.50. The summed E-state index contributed by atoms with van der Waals surface area (Å²) >= 11 is 5.44. The van der Waals surface area contributed by atoms with E-state index in [1.807, 2.05) is 0 Å². The highest BCUT2D eigenvalue weighted by Gasteiger charge is 2.24. The predicted molar refractivity (Wildman–Crippen MR) is 50.0 cm³/mol. The maximum Gasteiger partial charge on any atom is 0.282 e. The third-order valence-electron chi connectivity index (χ3n) is 1.55. The molecule has 0 aliphatic rings. The Hall–Kier alpha value is -0.990. The molecule has 0 radical (unpaired) electrons. The number of nitrogens with two attached hydrogens (primary N) is 2. The first kappa shape index (κ1) is 12.1. The van der Waals surface area contributed by atoms with E-state index >= 15 is 0 Å². The third kappa shape index (κ3) is 2.33. The molecule has 1 aromatic rings. The van der Waals surface area contributed by atoms with Crippen LogP contribution in [0.4, 0.5) is 14.5 Å². The van der Waals surface area contributed by atoms with Gasteiger partial charge in [-0.2, -0.15) is 0 Å². The number of sulfonamides is 1. The second-order valence-corrected chi connectivity index (χ2v) is 4.49. The Labute approximate surface area is 89.1 Å². The summed E-state index contributed by atoms with van der Waals surface area (Å²) in [6.45, 7) is 0. The number of nitrogen functional groups attached to an aromatic ring is 1. The van der Waals surface area contributed by atoms with Crippen molar-refractivity contribution in [2.75, 3.05) is 5.73 Å². The number of aromatic nitrogens is 1. The van der Waals surface area contributed by atoms with Crippen molar-refractivity contribution in [1.82, 2.24) is 4.98 Å². The molecule has 0 saturated carbocycles. The number of hydrogen-bond acceptors (Lipinski definition) is 4. The van der Waals surface area contributed by atoms with Crippen molar-refractivity contribution in [2.45, 2.75) is 11.3 Å². The first-order valence-corrected chi connectivity index (χ1v) is 5.42. The van der Waals surface area contributed by atoms with E-state index in [0.29, 0.717) is 0 Å². The lowest BCUT2D eigenvalue weighted by Gasteiger charge is -2.09. The van der Waals surface area contributed by atoms with E-state index < -0.39 is 32.7 Å². The molecule has 84 valence electrons. The minimum atomic E-state index is -4.25. The molecule has 0 unspecified atom stereocenters. The molecular formula is C6H6ClF2N3O2S. The molecular weight excluding hydrogens is 252 g/mol. The second kappa shape index (κ2) is 3.87. The fourth-order valence-corrected chi connectivity index (χ4v) is 2.17. The Morgan fingerprint density at radius 2 is 2.00 bits per heavy atom. The van der Waals surface area contributed by atoms with Crippen LogP contribution in [0.1, 0.15) is 12.1 Å². The fourth-order valence-electron chi connectivity index (χ4n) is 0.962. The Morgan fingerprint density at radius 1 is 1.47 bits per heavy atom. The molecule has 0 aliphatic heterocycles. The summed E-state index contributed by atoms with van der Waals surface area (Å²) < 4.78 is 46.6. The highest BCUT2D eigenvalue weighted by molar-refractivity contribution is 7.89. The van der Waals surface area contributed by atoms with Gasteiger partial charge in [0.25, 0.3) is 6.43 Å². The molecule has 5 nitrogen and oxygen atoms in total. The van der Waals surface area contributed by atoms with Gasteiger partial charge >= 0.3 is 0 Å². The molecule has 9 heteroatoms. The van der Waals surface area contributed by atoms with Gasteiger partial charge in [0.15, 0.2) is 0 Å². The van der Waals surface area contributed by atoms with Crippen molar-refractivity contribution in [3.8, 4) is 0 Å². The highest BCUT2D eigenvalue weighted by Crippen LogP contribution is 2.32. The number of nitrogens with zero attached hydrogens (tertiary/aromatic N) is 1. The van der Waals surface area contributed by atoms with Crippen LogP contribution in [0.25, 0.3) is 0 Å². The van der Waals surface area contributed by atoms with E-state index in [9.17, 15) is 17.2 Å². The molecule has 4 N–H and O–H groups in total. The Kier molecular flexibility index (Phi) is 3.12. The second-order valence-electron chi connectivity index (χ2n) is 2.58. The number of alkyl halides is 2. The van der Waals surface area contributed by atoms with Crippen molar-refractivity contribution in [1.29, 1.82) is 0 Å². The van der Waals surface area contributed by atoms with Gasteiger partial charge in [0.05, 0.1) is 10.7 Å². The van der Waals surface area contributed by atoms with E-state index in [4.69, 9.17) is 22.5 Å². The first-order chi connectivity index (χ1) is 6.75. The van der Waals surface area contributed by atoms with Gasteiger partial charge in [-0.3, -0.25) is 4.98 Å². The molecule has 0 atom stereocenters. The summed E-state index contributed by atoms with van der Waals surface area (Å²) in [7, 11) is -4.25. The highest BCUT2D eigenvalue weighted by atomic mass is 35.5. The van der Waals surface area contributed by atoms with E-state index in [1.54, 1.807) is 0 Å². The van der Waals surface area contributed by atoms with Gasteiger partial charge in [-0.1, -0.05) is 11.6 Å². The Balaban J connectivity index is 3.59. The van der Waals surface area contributed by atoms with Crippen LogP contribution in [0.15, 0.2) is 11.1 Å². The lowest BCUT2D eigenvalue weighted by molar-refractivity contribution is 0.147. The van der Waals surface area contributed by atoms with E-state index in [0.717, 1.165) is 6.20 Å². The summed E-state index contributed by atoms with van der Waals surface area (Å²) in [6, 6.07) is 0. The van der Waals surface area contributed by atoms with Gasteiger partial charge in [-0.15, -0.1) is 0 Å². The average Bonchev–Trinajstić information content (AvgIpc) is 2.00. The number of pyridine rings is 1. The molecule has 1 heterocycles. The summed E-state index contributed by atoms with van der Waals surface area (Å²) in [5, 5.41) is 4.37. The molecule has 15 heavy (non-hydrogen) atoms. The third-order valence-corrected chi connectivity index (χ3v) is 2.95. The number of primary sulfonamides is 1. The van der Waals surface area contributed by atoms with Gasteiger partial charge in [-0.05, 0) is 0 Å². The normalized spacial score (nSPS) is 12.1. The molecule has 0 bridgehead atoms. The standard InChI is InChI=1S/C6H6ClF2N3O2S/c7-2-1-12-4(6(8)9)3(10)5(2)15(11,13)14/h1,6H,10H2,(H2,11,13,14). The number of halogens is 3. The fraction of sp³-hybridized carbons (Fsp3) is 0.167. The van der Waals surface area contributed by atoms with Crippen molar-refractivity contribution >= 4 is 27.3 Å². The monoisotopic (exact) mass is 257 g/mol. The van der Waals surface area contributed by atoms with Crippen LogP contribution in [0.3, 0.4) is 0 Å². The molecule has 0 aromatic carbocycles. The molecule has 1 rings (SSSR count). The van der Waals surface area contributed by atoms with Crippen molar-refractivity contribution in [3.05, 3.63) is 16.9 Å². The van der Waals surface area contributed by atoms with Crippen LogP contribution < -0.4 is 10.9 Å². The summed E-state index contributed by atoms with van der Waals surface area (Å²) in [5.41, 5.74) is 3.60. The molecule has 0 aliphatic carbocycles. The zero-order valence-corrected chi connectivity index (χ0v) is 8.69. The summed E-state index contributed by atoms with van der Waals surface area (Å²) in [4.78, 5) is 2.50. The Morgan fingerprint density at radius 3 is 2.40 bits per heavy atom. The van der Waals surface area contributed by atoms with Gasteiger partial charge in [-0.25, -0.2) is 22.3 Å². The minimum Gasteiger partial charge on any atom is -0.396 e. The van der Waals surface area contributed by atoms with Gasteiger partial charge in [0.2, 0.25) is 10.0 Å². The van der Waals surface area contributed by atoms with E-state index in [1.165, 1.54) is 0 Å². The topological polar surface area (TPSA) is 99.1 Å². The zero-order chi connectivity index (χ0) is 11.8. The smallest absolute Gasteiger partial charge is 0.282 e. The van der Waals surface area contributed by atoms with Gasteiger partial charge in [0, 0.05) is 6.20 Å². The SMILES string of the molecule is Nc1c(C(F)F)ncc(Cl)c1S(N)(=O)=O. The molecule has 0 amide bonds. The van der Waals surface area contributed by atoms with Crippen LogP contribution in [-0.4, -0.2) is 13.4 Å². The molecule has 0 spiro atoms. The largest absolute Gasteiger partial charge is 0.396 e. The lowest BCUT2D eigenvalue weighted by atomic mass is 10.3. The summed E-state index contributed by atoms with van der Waals surface area (Å²) in [6.07, 6.45) is -2.23. The number of hydrogen-bond donors (Lipinski definition) is 2. The number of rotatable bonds is 2. The lowest BCUT2D eigenvalue weighted by Crippen LogP contribution is -2.16. The van der Waals surface area contributed by atoms with Crippen molar-refractivity contribution < 1.29 is 17.2 Å². The molecule has 0 saturated heterocycles. The maximum atomic E-state index is 12.3. The van der Waals surface area contributed by atoms with Crippen molar-refractivity contribution in [3.63, 3.8) is 0 Å². The van der Waals surface area contributed by atoms with Crippen LogP contribution in [0.5, 0.6) is 0 Å². The molecule has 1 aromatic heterocycles. The van der Waals surface area contributed by atoms with Gasteiger partial charge < -0.3 is 5.73 Å². The van der Waals surface area contributed by atoms with Gasteiger partial charge in [0.1, 0.15) is 10.6 Å². The Bertz CT molecular complexity index is 491. The summed E-state index contributed by atoms with van der Waals surface area (Å²) in [5.74, 6) is 0. The predicted octanol–water partition coefficient (Wildman–Crippen LogP) is 0.902. The van der Waals surface area contributed by atoms with Crippen LogP contribution in [0.2, 0.25) is 5.02 Å². The quantitative estimate of drug-likeness (QED) is 0.822. The zero-order valence-electron chi connectivity index (χ0n) is 7.12. The van der Waals surface area contributed by atoms with Crippen LogP contribution in [-0.2, 0) is 10.0 Å². The average molecular weight is 258 g/mol. The maximum absolute atomic E-state index is 12.3. The van der Waals surface area contributed by atoms with E-state index in [-0.39, 0.29) is 5.02 Å².